The van der Waals surface area contributed by atoms with Crippen LogP contribution in [0, 0.1) is 0 Å². The lowest BCUT2D eigenvalue weighted by Crippen LogP contribution is -2.41. The summed E-state index contributed by atoms with van der Waals surface area (Å²) in [5.74, 6) is 0. The van der Waals surface area contributed by atoms with Gasteiger partial charge < -0.3 is 4.74 Å². The third kappa shape index (κ3) is 2.68. The van der Waals surface area contributed by atoms with E-state index in [0.717, 1.165) is 24.8 Å². The van der Waals surface area contributed by atoms with Gasteiger partial charge in [0.25, 0.3) is 10.1 Å². The molecule has 0 fully saturated rings. The summed E-state index contributed by atoms with van der Waals surface area (Å²) in [7, 11) is -4.30. The van der Waals surface area contributed by atoms with Crippen molar-refractivity contribution in [2.45, 2.75) is 44.0 Å². The fourth-order valence-corrected chi connectivity index (χ4v) is 3.74. The second-order valence-corrected chi connectivity index (χ2v) is 6.55. The zero-order chi connectivity index (χ0) is 13.9. The third-order valence-corrected chi connectivity index (χ3v) is 5.00. The summed E-state index contributed by atoms with van der Waals surface area (Å²) in [6, 6.07) is 7.31. The first-order chi connectivity index (χ1) is 9.01. The van der Waals surface area contributed by atoms with Gasteiger partial charge in [-0.15, -0.1) is 0 Å². The molecular formula is C14H20O4S. The Labute approximate surface area is 114 Å². The molecule has 0 bridgehead atoms. The largest absolute Gasteiger partial charge is 0.353 e. The van der Waals surface area contributed by atoms with Crippen molar-refractivity contribution in [3.8, 4) is 0 Å². The molecule has 1 N–H and O–H groups in total. The molecule has 2 rings (SSSR count). The average molecular weight is 284 g/mol. The molecule has 0 amide bonds. The first-order valence-electron chi connectivity index (χ1n) is 6.70. The van der Waals surface area contributed by atoms with Gasteiger partial charge in [0.15, 0.2) is 0 Å². The van der Waals surface area contributed by atoms with Gasteiger partial charge in [-0.1, -0.05) is 37.6 Å². The molecule has 1 atom stereocenters. The minimum absolute atomic E-state index is 0.312. The van der Waals surface area contributed by atoms with Crippen LogP contribution in [0.3, 0.4) is 0 Å². The molecule has 0 aliphatic heterocycles. The van der Waals surface area contributed by atoms with E-state index in [4.69, 9.17) is 4.74 Å². The maximum absolute atomic E-state index is 11.9. The molecule has 19 heavy (non-hydrogen) atoms. The smallest absolute Gasteiger partial charge is 0.299 e. The number of hydrogen-bond donors (Lipinski definition) is 1. The van der Waals surface area contributed by atoms with Crippen LogP contribution in [-0.2, 0) is 26.2 Å². The Morgan fingerprint density at radius 1 is 1.37 bits per heavy atom. The van der Waals surface area contributed by atoms with Crippen molar-refractivity contribution in [2.75, 3.05) is 6.61 Å². The first-order valence-corrected chi connectivity index (χ1v) is 8.14. The molecule has 0 radical (unpaired) electrons. The second-order valence-electron chi connectivity index (χ2n) is 4.94. The summed E-state index contributed by atoms with van der Waals surface area (Å²) in [5, 5.41) is 0. The van der Waals surface area contributed by atoms with E-state index in [2.05, 4.69) is 0 Å². The quantitative estimate of drug-likeness (QED) is 0.667. The molecule has 0 aromatic heterocycles. The van der Waals surface area contributed by atoms with E-state index in [1.807, 2.05) is 19.1 Å². The summed E-state index contributed by atoms with van der Waals surface area (Å²) in [4.78, 5) is -1.57. The van der Waals surface area contributed by atoms with Crippen LogP contribution in [0.5, 0.6) is 0 Å². The van der Waals surface area contributed by atoms with Crippen LogP contribution in [0.15, 0.2) is 24.3 Å². The molecule has 0 spiro atoms. The third-order valence-electron chi connectivity index (χ3n) is 3.63. The van der Waals surface area contributed by atoms with Crippen LogP contribution < -0.4 is 0 Å². The standard InChI is InChI=1S/C14H20O4S/c1-2-3-11-18-14(19(15,16)17)10-6-8-12-7-4-5-9-13(12)14/h4-5,7,9H,2-3,6,8,10-11H2,1H3,(H,15,16,17). The summed E-state index contributed by atoms with van der Waals surface area (Å²) in [6.07, 6.45) is 3.53. The van der Waals surface area contributed by atoms with Crippen molar-refractivity contribution < 1.29 is 17.7 Å². The van der Waals surface area contributed by atoms with E-state index in [1.54, 1.807) is 12.1 Å². The number of aryl methyl sites for hydroxylation is 1. The molecule has 1 unspecified atom stereocenters. The molecule has 5 heteroatoms. The van der Waals surface area contributed by atoms with Crippen LogP contribution in [0.1, 0.15) is 43.7 Å². The summed E-state index contributed by atoms with van der Waals surface area (Å²) < 4.78 is 39.1. The summed E-state index contributed by atoms with van der Waals surface area (Å²) >= 11 is 0. The predicted octanol–water partition coefficient (Wildman–Crippen LogP) is 2.88. The highest BCUT2D eigenvalue weighted by molar-refractivity contribution is 7.86. The van der Waals surface area contributed by atoms with Crippen LogP contribution in [0.2, 0.25) is 0 Å². The molecule has 1 aliphatic rings. The maximum atomic E-state index is 11.9. The summed E-state index contributed by atoms with van der Waals surface area (Å²) in [5.41, 5.74) is 1.54. The van der Waals surface area contributed by atoms with E-state index < -0.39 is 15.1 Å². The van der Waals surface area contributed by atoms with E-state index in [9.17, 15) is 13.0 Å². The first kappa shape index (κ1) is 14.5. The van der Waals surface area contributed by atoms with Crippen molar-refractivity contribution in [3.63, 3.8) is 0 Å². The van der Waals surface area contributed by atoms with Gasteiger partial charge in [0.1, 0.15) is 0 Å². The second kappa shape index (κ2) is 5.61. The predicted molar refractivity (Wildman–Crippen MR) is 73.5 cm³/mol. The lowest BCUT2D eigenvalue weighted by atomic mass is 9.89. The molecule has 1 aromatic rings. The number of benzene rings is 1. The van der Waals surface area contributed by atoms with E-state index >= 15 is 0 Å². The van der Waals surface area contributed by atoms with Gasteiger partial charge in [0.05, 0.1) is 0 Å². The Hall–Kier alpha value is -0.910. The van der Waals surface area contributed by atoms with Gasteiger partial charge in [-0.25, -0.2) is 0 Å². The van der Waals surface area contributed by atoms with Crippen LogP contribution in [-0.4, -0.2) is 19.6 Å². The highest BCUT2D eigenvalue weighted by Gasteiger charge is 2.48. The molecule has 106 valence electrons. The highest BCUT2D eigenvalue weighted by atomic mass is 32.2. The van der Waals surface area contributed by atoms with Crippen molar-refractivity contribution in [1.82, 2.24) is 0 Å². The normalized spacial score (nSPS) is 23.1. The Bertz CT molecular complexity index is 538. The topological polar surface area (TPSA) is 63.6 Å². The molecule has 0 saturated carbocycles. The Morgan fingerprint density at radius 2 is 2.11 bits per heavy atom. The fourth-order valence-electron chi connectivity index (χ4n) is 2.63. The lowest BCUT2D eigenvalue weighted by Gasteiger charge is -2.36. The monoisotopic (exact) mass is 284 g/mol. The number of fused-ring (bicyclic) bond motifs is 1. The number of unbranched alkanes of at least 4 members (excludes halogenated alkanes) is 1. The van der Waals surface area contributed by atoms with Crippen molar-refractivity contribution in [3.05, 3.63) is 35.4 Å². The zero-order valence-electron chi connectivity index (χ0n) is 11.1. The molecule has 4 nitrogen and oxygen atoms in total. The Balaban J connectivity index is 2.45. The van der Waals surface area contributed by atoms with Gasteiger partial charge >= 0.3 is 0 Å². The van der Waals surface area contributed by atoms with Crippen molar-refractivity contribution >= 4 is 10.1 Å². The van der Waals surface area contributed by atoms with Crippen LogP contribution >= 0.6 is 0 Å². The SMILES string of the molecule is CCCCOC1(S(=O)(=O)O)CCCc2ccccc21. The highest BCUT2D eigenvalue weighted by Crippen LogP contribution is 2.42. The van der Waals surface area contributed by atoms with Gasteiger partial charge in [0.2, 0.25) is 4.93 Å². The molecular weight excluding hydrogens is 264 g/mol. The van der Waals surface area contributed by atoms with Crippen molar-refractivity contribution in [2.24, 2.45) is 0 Å². The average Bonchev–Trinajstić information content (AvgIpc) is 2.38. The number of rotatable bonds is 5. The minimum atomic E-state index is -4.30. The number of hydrogen-bond acceptors (Lipinski definition) is 3. The molecule has 0 heterocycles. The van der Waals surface area contributed by atoms with Gasteiger partial charge in [-0.05, 0) is 31.2 Å². The van der Waals surface area contributed by atoms with Crippen LogP contribution in [0.4, 0.5) is 0 Å². The molecule has 1 aliphatic carbocycles. The van der Waals surface area contributed by atoms with Gasteiger partial charge in [-0.2, -0.15) is 8.42 Å². The molecule has 1 aromatic carbocycles. The van der Waals surface area contributed by atoms with Crippen LogP contribution in [0.25, 0.3) is 0 Å². The van der Waals surface area contributed by atoms with E-state index in [0.29, 0.717) is 25.0 Å². The fraction of sp³-hybridized carbons (Fsp3) is 0.571. The van der Waals surface area contributed by atoms with Gasteiger partial charge in [0, 0.05) is 12.2 Å². The number of ether oxygens (including phenoxy) is 1. The zero-order valence-corrected chi connectivity index (χ0v) is 11.9. The molecule has 0 saturated heterocycles. The Kier molecular flexibility index (Phi) is 4.28. The Morgan fingerprint density at radius 3 is 2.79 bits per heavy atom. The lowest BCUT2D eigenvalue weighted by molar-refractivity contribution is -0.00513. The van der Waals surface area contributed by atoms with E-state index in [-0.39, 0.29) is 0 Å². The van der Waals surface area contributed by atoms with Crippen molar-refractivity contribution in [1.29, 1.82) is 0 Å². The maximum Gasteiger partial charge on any atom is 0.299 e. The summed E-state index contributed by atoms with van der Waals surface area (Å²) in [6.45, 7) is 2.35. The van der Waals surface area contributed by atoms with Gasteiger partial charge in [-0.3, -0.25) is 4.55 Å². The van der Waals surface area contributed by atoms with E-state index in [1.165, 1.54) is 0 Å². The minimum Gasteiger partial charge on any atom is -0.353 e.